The van der Waals surface area contributed by atoms with Crippen LogP contribution in [0, 0.1) is 0 Å². The lowest BCUT2D eigenvalue weighted by Crippen LogP contribution is -2.39. The van der Waals surface area contributed by atoms with Crippen molar-refractivity contribution in [2.24, 2.45) is 0 Å². The fourth-order valence-electron chi connectivity index (χ4n) is 2.37. The third-order valence-corrected chi connectivity index (χ3v) is 4.83. The first-order chi connectivity index (χ1) is 12.1. The molecule has 2 rings (SSSR count). The van der Waals surface area contributed by atoms with Gasteiger partial charge in [0.2, 0.25) is 5.91 Å². The monoisotopic (exact) mass is 401 g/mol. The van der Waals surface area contributed by atoms with Crippen molar-refractivity contribution >= 4 is 47.6 Å². The molecule has 0 bridgehead atoms. The predicted molar refractivity (Wildman–Crippen MR) is 105 cm³/mol. The predicted octanol–water partition coefficient (Wildman–Crippen LogP) is 1.43. The molecular formula is C17H24ClN3O4S. The fourth-order valence-corrected chi connectivity index (χ4v) is 3.32. The molecular weight excluding hydrogens is 378 g/mol. The van der Waals surface area contributed by atoms with E-state index in [2.05, 4.69) is 20.7 Å². The summed E-state index contributed by atoms with van der Waals surface area (Å²) >= 11 is 1.85. The van der Waals surface area contributed by atoms with Gasteiger partial charge in [0.05, 0.1) is 13.5 Å². The quantitative estimate of drug-likeness (QED) is 0.598. The van der Waals surface area contributed by atoms with Crippen LogP contribution in [-0.4, -0.2) is 55.5 Å². The highest BCUT2D eigenvalue weighted by molar-refractivity contribution is 7.99. The van der Waals surface area contributed by atoms with E-state index in [0.717, 1.165) is 18.1 Å². The summed E-state index contributed by atoms with van der Waals surface area (Å²) in [6.07, 6.45) is 0.562. The van der Waals surface area contributed by atoms with Crippen molar-refractivity contribution < 1.29 is 19.1 Å². The van der Waals surface area contributed by atoms with Crippen LogP contribution in [0.3, 0.4) is 0 Å². The van der Waals surface area contributed by atoms with Crippen LogP contribution < -0.4 is 16.0 Å². The molecule has 1 heterocycles. The van der Waals surface area contributed by atoms with Gasteiger partial charge < -0.3 is 20.7 Å². The zero-order valence-electron chi connectivity index (χ0n) is 14.6. The summed E-state index contributed by atoms with van der Waals surface area (Å²) in [4.78, 5) is 35.0. The normalized spacial score (nSPS) is 16.1. The summed E-state index contributed by atoms with van der Waals surface area (Å²) in [5.74, 6) is 1.34. The van der Waals surface area contributed by atoms with Gasteiger partial charge in [-0.15, -0.1) is 12.4 Å². The molecule has 1 aliphatic heterocycles. The second-order valence-corrected chi connectivity index (χ2v) is 6.79. The van der Waals surface area contributed by atoms with Gasteiger partial charge in [0.1, 0.15) is 0 Å². The van der Waals surface area contributed by atoms with Crippen LogP contribution in [0.25, 0.3) is 0 Å². The average molecular weight is 402 g/mol. The molecule has 9 heteroatoms. The van der Waals surface area contributed by atoms with Gasteiger partial charge in [0.15, 0.2) is 0 Å². The summed E-state index contributed by atoms with van der Waals surface area (Å²) in [6, 6.07) is 6.86. The van der Waals surface area contributed by atoms with E-state index >= 15 is 0 Å². The standard InChI is InChI=1S/C17H23N3O4S.ClH/c1-24-16(22)6-7-19-17(23)12-2-4-13(5-3-12)20-15(21)10-14-11-25-9-8-18-14;/h2-5,14,18H,6-11H2,1H3,(H,19,23)(H,20,21);1H. The van der Waals surface area contributed by atoms with E-state index in [-0.39, 0.29) is 49.2 Å². The maximum Gasteiger partial charge on any atom is 0.307 e. The van der Waals surface area contributed by atoms with Gasteiger partial charge in [-0.3, -0.25) is 14.4 Å². The van der Waals surface area contributed by atoms with Crippen LogP contribution in [0.1, 0.15) is 23.2 Å². The van der Waals surface area contributed by atoms with Crippen molar-refractivity contribution in [1.82, 2.24) is 10.6 Å². The lowest BCUT2D eigenvalue weighted by atomic mass is 10.1. The van der Waals surface area contributed by atoms with Gasteiger partial charge in [-0.05, 0) is 24.3 Å². The molecule has 1 saturated heterocycles. The first kappa shape index (κ1) is 22.3. The molecule has 1 aromatic carbocycles. The molecule has 1 aromatic rings. The number of thioether (sulfide) groups is 1. The van der Waals surface area contributed by atoms with Crippen LogP contribution in [0.4, 0.5) is 5.69 Å². The van der Waals surface area contributed by atoms with Crippen LogP contribution in [0.15, 0.2) is 24.3 Å². The number of anilines is 1. The molecule has 1 fully saturated rings. The second-order valence-electron chi connectivity index (χ2n) is 5.64. The second kappa shape index (κ2) is 11.8. The number of methoxy groups -OCH3 is 1. The molecule has 1 aliphatic rings. The molecule has 144 valence electrons. The molecule has 0 spiro atoms. The Kier molecular flexibility index (Phi) is 10.1. The fraction of sp³-hybridized carbons (Fsp3) is 0.471. The molecule has 0 aromatic heterocycles. The first-order valence-corrected chi connectivity index (χ1v) is 9.30. The number of amides is 2. The van der Waals surface area contributed by atoms with Crippen molar-refractivity contribution in [2.75, 3.05) is 37.0 Å². The van der Waals surface area contributed by atoms with E-state index in [1.807, 2.05) is 11.8 Å². The van der Waals surface area contributed by atoms with Gasteiger partial charge >= 0.3 is 5.97 Å². The third-order valence-electron chi connectivity index (χ3n) is 3.70. The minimum atomic E-state index is -0.371. The summed E-state index contributed by atoms with van der Waals surface area (Å²) in [7, 11) is 1.31. The molecule has 3 N–H and O–H groups in total. The summed E-state index contributed by atoms with van der Waals surface area (Å²) < 4.78 is 4.51. The largest absolute Gasteiger partial charge is 0.469 e. The molecule has 2 amide bonds. The number of benzene rings is 1. The molecule has 7 nitrogen and oxygen atoms in total. The van der Waals surface area contributed by atoms with Crippen molar-refractivity contribution in [3.63, 3.8) is 0 Å². The number of halogens is 1. The summed E-state index contributed by atoms with van der Waals surface area (Å²) in [5, 5.41) is 8.80. The Hall–Kier alpha value is -1.77. The maximum absolute atomic E-state index is 12.0. The third kappa shape index (κ3) is 7.63. The Morgan fingerprint density at radius 1 is 1.27 bits per heavy atom. The van der Waals surface area contributed by atoms with Crippen molar-refractivity contribution in [2.45, 2.75) is 18.9 Å². The van der Waals surface area contributed by atoms with Crippen molar-refractivity contribution in [3.8, 4) is 0 Å². The lowest BCUT2D eigenvalue weighted by Gasteiger charge is -2.22. The zero-order chi connectivity index (χ0) is 18.1. The molecule has 0 aliphatic carbocycles. The summed E-state index contributed by atoms with van der Waals surface area (Å²) in [6.45, 7) is 1.15. The number of hydrogen-bond donors (Lipinski definition) is 3. The van der Waals surface area contributed by atoms with Gasteiger partial charge in [-0.1, -0.05) is 0 Å². The van der Waals surface area contributed by atoms with Gasteiger partial charge in [-0.25, -0.2) is 0 Å². The zero-order valence-corrected chi connectivity index (χ0v) is 16.2. The Labute approximate surface area is 163 Å². The number of carbonyl (C=O) groups excluding carboxylic acids is 3. The number of rotatable bonds is 7. The van der Waals surface area contributed by atoms with E-state index in [4.69, 9.17) is 0 Å². The van der Waals surface area contributed by atoms with E-state index in [9.17, 15) is 14.4 Å². The Morgan fingerprint density at radius 2 is 2.00 bits per heavy atom. The van der Waals surface area contributed by atoms with Gasteiger partial charge in [0, 0.05) is 48.3 Å². The van der Waals surface area contributed by atoms with Crippen LogP contribution in [0.5, 0.6) is 0 Å². The van der Waals surface area contributed by atoms with Gasteiger partial charge in [-0.2, -0.15) is 11.8 Å². The smallest absolute Gasteiger partial charge is 0.307 e. The molecule has 0 saturated carbocycles. The Balaban J connectivity index is 0.00000338. The molecule has 1 unspecified atom stereocenters. The van der Waals surface area contributed by atoms with Crippen molar-refractivity contribution in [1.29, 1.82) is 0 Å². The topological polar surface area (TPSA) is 96.5 Å². The van der Waals surface area contributed by atoms with E-state index in [1.165, 1.54) is 7.11 Å². The van der Waals surface area contributed by atoms with E-state index in [1.54, 1.807) is 24.3 Å². The highest BCUT2D eigenvalue weighted by atomic mass is 35.5. The van der Waals surface area contributed by atoms with Crippen LogP contribution >= 0.6 is 24.2 Å². The first-order valence-electron chi connectivity index (χ1n) is 8.14. The molecule has 26 heavy (non-hydrogen) atoms. The van der Waals surface area contributed by atoms with Crippen LogP contribution in [-0.2, 0) is 14.3 Å². The number of carbonyl (C=O) groups is 3. The molecule has 0 radical (unpaired) electrons. The highest BCUT2D eigenvalue weighted by Gasteiger charge is 2.16. The van der Waals surface area contributed by atoms with Crippen LogP contribution in [0.2, 0.25) is 0 Å². The SMILES string of the molecule is COC(=O)CCNC(=O)c1ccc(NC(=O)CC2CSCCN2)cc1.Cl. The number of nitrogens with one attached hydrogen (secondary N) is 3. The lowest BCUT2D eigenvalue weighted by molar-refractivity contribution is -0.140. The van der Waals surface area contributed by atoms with Gasteiger partial charge in [0.25, 0.3) is 5.91 Å². The average Bonchev–Trinajstić information content (AvgIpc) is 2.62. The minimum Gasteiger partial charge on any atom is -0.469 e. The molecule has 1 atom stereocenters. The van der Waals surface area contributed by atoms with E-state index in [0.29, 0.717) is 17.7 Å². The maximum atomic E-state index is 12.0. The Morgan fingerprint density at radius 3 is 2.62 bits per heavy atom. The van der Waals surface area contributed by atoms with Crippen molar-refractivity contribution in [3.05, 3.63) is 29.8 Å². The van der Waals surface area contributed by atoms with E-state index < -0.39 is 0 Å². The highest BCUT2D eigenvalue weighted by Crippen LogP contribution is 2.13. The minimum absolute atomic E-state index is 0. The summed E-state index contributed by atoms with van der Waals surface area (Å²) in [5.41, 5.74) is 1.12. The number of hydrogen-bond acceptors (Lipinski definition) is 6. The Bertz CT molecular complexity index is 607. The number of esters is 1. The number of ether oxygens (including phenoxy) is 1.